The number of aryl methyl sites for hydroxylation is 1. The van der Waals surface area contributed by atoms with Crippen LogP contribution in [0.2, 0.25) is 0 Å². The molecule has 1 N–H and O–H groups in total. The van der Waals surface area contributed by atoms with Crippen molar-refractivity contribution in [2.45, 2.75) is 32.6 Å². The number of hydrogen-bond acceptors (Lipinski definition) is 7. The predicted molar refractivity (Wildman–Crippen MR) is 154 cm³/mol. The molecule has 2 aliphatic heterocycles. The summed E-state index contributed by atoms with van der Waals surface area (Å²) in [6.45, 7) is 2.77. The first-order valence-corrected chi connectivity index (χ1v) is 14.3. The van der Waals surface area contributed by atoms with Gasteiger partial charge in [0, 0.05) is 18.8 Å². The molecule has 4 rings (SSSR count). The zero-order valence-corrected chi connectivity index (χ0v) is 24.2. The van der Waals surface area contributed by atoms with Gasteiger partial charge in [0.1, 0.15) is 6.54 Å². The number of likely N-dealkylation sites (tertiary alicyclic amines) is 1. The molecule has 0 aliphatic carbocycles. The molecule has 2 aromatic carbocycles. The minimum Gasteiger partial charge on any atom is -0.493 e. The lowest BCUT2D eigenvalue weighted by molar-refractivity contribution is -0.135. The largest absolute Gasteiger partial charge is 0.493 e. The SMILES string of the molecule is COc1cc(C=C2SC(=O)N(CC(=O)N3CCCCCC3)C2=O)cc(Br)c1OCC(=O)Nc1ccc(C)cc1. The Morgan fingerprint density at radius 3 is 2.44 bits per heavy atom. The summed E-state index contributed by atoms with van der Waals surface area (Å²) in [5, 5.41) is 2.30. The zero-order valence-electron chi connectivity index (χ0n) is 21.8. The maximum Gasteiger partial charge on any atom is 0.294 e. The van der Waals surface area contributed by atoms with Crippen molar-refractivity contribution in [3.05, 3.63) is 56.9 Å². The highest BCUT2D eigenvalue weighted by Gasteiger charge is 2.37. The van der Waals surface area contributed by atoms with Crippen LogP contribution in [0.1, 0.15) is 36.8 Å². The molecule has 0 aromatic heterocycles. The number of nitrogens with zero attached hydrogens (tertiary/aromatic N) is 2. The van der Waals surface area contributed by atoms with Gasteiger partial charge in [-0.2, -0.15) is 0 Å². The summed E-state index contributed by atoms with van der Waals surface area (Å²) in [4.78, 5) is 53.6. The van der Waals surface area contributed by atoms with Crippen LogP contribution < -0.4 is 14.8 Å². The number of benzene rings is 2. The van der Waals surface area contributed by atoms with E-state index in [1.165, 1.54) is 7.11 Å². The van der Waals surface area contributed by atoms with E-state index in [4.69, 9.17) is 9.47 Å². The number of rotatable bonds is 8. The van der Waals surface area contributed by atoms with Gasteiger partial charge in [-0.25, -0.2) is 0 Å². The van der Waals surface area contributed by atoms with E-state index in [0.29, 0.717) is 40.3 Å². The molecule has 0 atom stereocenters. The molecule has 2 aromatic rings. The first-order valence-electron chi connectivity index (χ1n) is 12.6. The van der Waals surface area contributed by atoms with Gasteiger partial charge in [-0.05, 0) is 83.4 Å². The minimum atomic E-state index is -0.503. The molecule has 4 amide bonds. The van der Waals surface area contributed by atoms with Crippen LogP contribution in [0.15, 0.2) is 45.8 Å². The number of nitrogens with one attached hydrogen (secondary N) is 1. The molecule has 11 heteroatoms. The Kier molecular flexibility index (Phi) is 9.68. The molecule has 9 nitrogen and oxygen atoms in total. The Balaban J connectivity index is 1.42. The summed E-state index contributed by atoms with van der Waals surface area (Å²) < 4.78 is 11.7. The molecular weight excluding hydrogens is 586 g/mol. The zero-order chi connectivity index (χ0) is 27.9. The van der Waals surface area contributed by atoms with Crippen molar-refractivity contribution < 1.29 is 28.7 Å². The van der Waals surface area contributed by atoms with E-state index >= 15 is 0 Å². The highest BCUT2D eigenvalue weighted by molar-refractivity contribution is 9.10. The second-order valence-electron chi connectivity index (χ2n) is 9.30. The molecule has 2 fully saturated rings. The topological polar surface area (TPSA) is 105 Å². The number of ether oxygens (including phenoxy) is 2. The quantitative estimate of drug-likeness (QED) is 0.406. The second-order valence-corrected chi connectivity index (χ2v) is 11.1. The first kappa shape index (κ1) is 28.7. The molecule has 2 heterocycles. The van der Waals surface area contributed by atoms with Crippen molar-refractivity contribution in [2.75, 3.05) is 38.7 Å². The maximum absolute atomic E-state index is 13.0. The van der Waals surface area contributed by atoms with Gasteiger partial charge in [0.2, 0.25) is 5.91 Å². The van der Waals surface area contributed by atoms with Crippen LogP contribution in [0, 0.1) is 6.92 Å². The van der Waals surface area contributed by atoms with Crippen molar-refractivity contribution in [2.24, 2.45) is 0 Å². The number of carbonyl (C=O) groups is 4. The van der Waals surface area contributed by atoms with E-state index in [-0.39, 0.29) is 29.9 Å². The molecule has 2 saturated heterocycles. The first-order chi connectivity index (χ1) is 18.7. The monoisotopic (exact) mass is 615 g/mol. The minimum absolute atomic E-state index is 0.210. The van der Waals surface area contributed by atoms with Gasteiger partial charge in [0.15, 0.2) is 18.1 Å². The van der Waals surface area contributed by atoms with E-state index in [1.807, 2.05) is 31.2 Å². The molecule has 0 radical (unpaired) electrons. The molecule has 2 aliphatic rings. The molecule has 0 unspecified atom stereocenters. The molecular formula is C28H30BrN3O6S. The van der Waals surface area contributed by atoms with Gasteiger partial charge in [-0.3, -0.25) is 24.1 Å². The Hall–Kier alpha value is -3.31. The summed E-state index contributed by atoms with van der Waals surface area (Å²) in [7, 11) is 1.47. The van der Waals surface area contributed by atoms with Gasteiger partial charge in [-0.15, -0.1) is 0 Å². The number of methoxy groups -OCH3 is 1. The van der Waals surface area contributed by atoms with Gasteiger partial charge in [0.05, 0.1) is 16.5 Å². The number of halogens is 1. The lowest BCUT2D eigenvalue weighted by atomic mass is 10.2. The van der Waals surface area contributed by atoms with Crippen molar-refractivity contribution in [1.82, 2.24) is 9.80 Å². The van der Waals surface area contributed by atoms with Crippen LogP contribution in [0.3, 0.4) is 0 Å². The summed E-state index contributed by atoms with van der Waals surface area (Å²) >= 11 is 4.25. The van der Waals surface area contributed by atoms with Crippen LogP contribution in [0.25, 0.3) is 6.08 Å². The fourth-order valence-corrected chi connectivity index (χ4v) is 5.69. The lowest BCUT2D eigenvalue weighted by Gasteiger charge is -2.22. The Bertz CT molecular complexity index is 1290. The van der Waals surface area contributed by atoms with Gasteiger partial charge in [-0.1, -0.05) is 30.5 Å². The van der Waals surface area contributed by atoms with Crippen LogP contribution >= 0.6 is 27.7 Å². The predicted octanol–water partition coefficient (Wildman–Crippen LogP) is 5.22. The van der Waals surface area contributed by atoms with E-state index in [0.717, 1.165) is 47.9 Å². The number of thioether (sulfide) groups is 1. The molecule has 0 saturated carbocycles. The van der Waals surface area contributed by atoms with Gasteiger partial charge < -0.3 is 19.7 Å². The van der Waals surface area contributed by atoms with E-state index in [9.17, 15) is 19.2 Å². The third kappa shape index (κ3) is 7.42. The highest BCUT2D eigenvalue weighted by atomic mass is 79.9. The highest BCUT2D eigenvalue weighted by Crippen LogP contribution is 2.39. The van der Waals surface area contributed by atoms with Crippen molar-refractivity contribution >= 4 is 62.4 Å². The Morgan fingerprint density at radius 1 is 1.08 bits per heavy atom. The maximum atomic E-state index is 13.0. The number of hydrogen-bond donors (Lipinski definition) is 1. The fraction of sp³-hybridized carbons (Fsp3) is 0.357. The van der Waals surface area contributed by atoms with Gasteiger partial charge >= 0.3 is 0 Å². The summed E-state index contributed by atoms with van der Waals surface area (Å²) in [6.07, 6.45) is 5.60. The third-order valence-electron chi connectivity index (χ3n) is 6.36. The van der Waals surface area contributed by atoms with Crippen LogP contribution in [0.5, 0.6) is 11.5 Å². The fourth-order valence-electron chi connectivity index (χ4n) is 4.28. The van der Waals surface area contributed by atoms with Crippen molar-refractivity contribution in [3.63, 3.8) is 0 Å². The van der Waals surface area contributed by atoms with Crippen molar-refractivity contribution in [1.29, 1.82) is 0 Å². The van der Waals surface area contributed by atoms with Crippen LogP contribution in [-0.4, -0.2) is 66.1 Å². The van der Waals surface area contributed by atoms with E-state index in [1.54, 1.807) is 23.1 Å². The Morgan fingerprint density at radius 2 is 1.77 bits per heavy atom. The summed E-state index contributed by atoms with van der Waals surface area (Å²) in [5.74, 6) is -0.381. The average Bonchev–Trinajstić information content (AvgIpc) is 3.09. The number of carbonyl (C=O) groups excluding carboxylic acids is 4. The lowest BCUT2D eigenvalue weighted by Crippen LogP contribution is -2.42. The molecule has 39 heavy (non-hydrogen) atoms. The second kappa shape index (κ2) is 13.2. The normalized spacial score (nSPS) is 16.8. The van der Waals surface area contributed by atoms with E-state index in [2.05, 4.69) is 21.2 Å². The average molecular weight is 617 g/mol. The molecule has 206 valence electrons. The smallest absolute Gasteiger partial charge is 0.294 e. The number of amides is 4. The standard InChI is InChI=1S/C28H30BrN3O6S/c1-18-7-9-20(10-8-18)30-24(33)17-38-26-21(29)13-19(14-22(26)37-2)15-23-27(35)32(28(36)39-23)16-25(34)31-11-5-3-4-6-12-31/h7-10,13-15H,3-6,11-12,16-17H2,1-2H3,(H,30,33). The summed E-state index contributed by atoms with van der Waals surface area (Å²) in [6, 6.07) is 10.8. The van der Waals surface area contributed by atoms with E-state index < -0.39 is 11.1 Å². The molecule has 0 bridgehead atoms. The Labute approximate surface area is 240 Å². The third-order valence-corrected chi connectivity index (χ3v) is 7.85. The summed E-state index contributed by atoms with van der Waals surface area (Å²) in [5.41, 5.74) is 2.33. The van der Waals surface area contributed by atoms with Crippen LogP contribution in [-0.2, 0) is 14.4 Å². The molecule has 0 spiro atoms. The van der Waals surface area contributed by atoms with Crippen molar-refractivity contribution in [3.8, 4) is 11.5 Å². The van der Waals surface area contributed by atoms with Crippen LogP contribution in [0.4, 0.5) is 10.5 Å². The number of imide groups is 1. The number of anilines is 1. The van der Waals surface area contributed by atoms with Gasteiger partial charge in [0.25, 0.3) is 17.1 Å².